The Hall–Kier alpha value is -2.15. The largest absolute Gasteiger partial charge is 0.461 e. The van der Waals surface area contributed by atoms with E-state index in [2.05, 4.69) is 10.1 Å². The van der Waals surface area contributed by atoms with Crippen molar-refractivity contribution in [3.8, 4) is 11.6 Å². The van der Waals surface area contributed by atoms with Crippen molar-refractivity contribution in [2.45, 2.75) is 17.1 Å². The highest BCUT2D eigenvalue weighted by atomic mass is 32.2. The van der Waals surface area contributed by atoms with E-state index in [1.54, 1.807) is 12.1 Å². The average molecular weight is 308 g/mol. The number of hydrogen-bond donors (Lipinski definition) is 0. The third-order valence-corrected chi connectivity index (χ3v) is 3.82. The summed E-state index contributed by atoms with van der Waals surface area (Å²) in [7, 11) is 0. The van der Waals surface area contributed by atoms with Crippen molar-refractivity contribution in [2.24, 2.45) is 0 Å². The number of benzene rings is 1. The van der Waals surface area contributed by atoms with Crippen LogP contribution in [-0.4, -0.2) is 10.1 Å². The van der Waals surface area contributed by atoms with Gasteiger partial charge in [0, 0.05) is 4.90 Å². The molecule has 108 valence electrons. The molecule has 21 heavy (non-hydrogen) atoms. The molecule has 3 rings (SSSR count). The summed E-state index contributed by atoms with van der Waals surface area (Å²) in [6.07, 6.45) is 1.52. The second-order valence-electron chi connectivity index (χ2n) is 4.27. The Morgan fingerprint density at radius 3 is 2.76 bits per heavy atom. The topological polar surface area (TPSA) is 52.1 Å². The van der Waals surface area contributed by atoms with Crippen LogP contribution in [0.4, 0.5) is 8.78 Å². The minimum atomic E-state index is -0.881. The van der Waals surface area contributed by atoms with Crippen molar-refractivity contribution >= 4 is 11.8 Å². The van der Waals surface area contributed by atoms with Crippen LogP contribution in [0.3, 0.4) is 0 Å². The predicted octanol–water partition coefficient (Wildman–Crippen LogP) is 4.46. The van der Waals surface area contributed by atoms with Crippen LogP contribution in [0.1, 0.15) is 18.1 Å². The molecule has 1 aromatic carbocycles. The van der Waals surface area contributed by atoms with Crippen molar-refractivity contribution in [1.29, 1.82) is 0 Å². The highest BCUT2D eigenvalue weighted by Crippen LogP contribution is 2.35. The van der Waals surface area contributed by atoms with Gasteiger partial charge in [0.05, 0.1) is 11.5 Å². The van der Waals surface area contributed by atoms with Gasteiger partial charge in [-0.2, -0.15) is 4.98 Å². The summed E-state index contributed by atoms with van der Waals surface area (Å²) < 4.78 is 36.4. The van der Waals surface area contributed by atoms with Gasteiger partial charge in [-0.3, -0.25) is 0 Å². The van der Waals surface area contributed by atoms with Gasteiger partial charge in [0.15, 0.2) is 17.4 Å². The van der Waals surface area contributed by atoms with Crippen molar-refractivity contribution in [2.75, 3.05) is 0 Å². The van der Waals surface area contributed by atoms with Gasteiger partial charge in [-0.25, -0.2) is 8.78 Å². The van der Waals surface area contributed by atoms with Crippen LogP contribution in [0, 0.1) is 11.6 Å². The number of furan rings is 1. The molecule has 0 aliphatic heterocycles. The quantitative estimate of drug-likeness (QED) is 0.666. The predicted molar refractivity (Wildman–Crippen MR) is 72.6 cm³/mol. The first-order valence-electron chi connectivity index (χ1n) is 6.12. The first-order valence-corrected chi connectivity index (χ1v) is 7.00. The molecule has 1 unspecified atom stereocenters. The molecule has 0 saturated heterocycles. The Balaban J connectivity index is 1.76. The van der Waals surface area contributed by atoms with E-state index in [-0.39, 0.29) is 5.25 Å². The van der Waals surface area contributed by atoms with Crippen molar-refractivity contribution in [3.63, 3.8) is 0 Å². The lowest BCUT2D eigenvalue weighted by atomic mass is 10.3. The fraction of sp³-hybridized carbons (Fsp3) is 0.143. The molecular formula is C14H10F2N2O2S. The first-order chi connectivity index (χ1) is 10.1. The van der Waals surface area contributed by atoms with E-state index in [4.69, 9.17) is 8.94 Å². The standard InChI is InChI=1S/C14H10F2N2O2S/c1-8(21-9-4-5-10(15)11(16)7-9)14-17-13(18-20-14)12-3-2-6-19-12/h2-8H,1H3. The van der Waals surface area contributed by atoms with E-state index in [0.717, 1.165) is 12.1 Å². The normalized spacial score (nSPS) is 12.5. The Bertz CT molecular complexity index is 743. The lowest BCUT2D eigenvalue weighted by Crippen LogP contribution is -1.90. The lowest BCUT2D eigenvalue weighted by Gasteiger charge is -2.06. The Morgan fingerprint density at radius 2 is 2.05 bits per heavy atom. The molecule has 0 radical (unpaired) electrons. The molecule has 0 amide bonds. The van der Waals surface area contributed by atoms with E-state index >= 15 is 0 Å². The van der Waals surface area contributed by atoms with Gasteiger partial charge in [-0.15, -0.1) is 11.8 Å². The summed E-state index contributed by atoms with van der Waals surface area (Å²) in [5.41, 5.74) is 0. The van der Waals surface area contributed by atoms with Gasteiger partial charge in [0.1, 0.15) is 0 Å². The number of nitrogens with zero attached hydrogens (tertiary/aromatic N) is 2. The van der Waals surface area contributed by atoms with Crippen LogP contribution < -0.4 is 0 Å². The van der Waals surface area contributed by atoms with Crippen LogP contribution in [0.5, 0.6) is 0 Å². The maximum absolute atomic E-state index is 13.2. The smallest absolute Gasteiger partial charge is 0.240 e. The number of halogens is 2. The summed E-state index contributed by atoms with van der Waals surface area (Å²) in [6.45, 7) is 1.84. The molecule has 2 heterocycles. The third-order valence-electron chi connectivity index (χ3n) is 2.73. The molecule has 0 aliphatic carbocycles. The highest BCUT2D eigenvalue weighted by molar-refractivity contribution is 7.99. The SMILES string of the molecule is CC(Sc1ccc(F)c(F)c1)c1nc(-c2ccco2)no1. The molecule has 2 aromatic heterocycles. The fourth-order valence-electron chi connectivity index (χ4n) is 1.71. The molecule has 0 bridgehead atoms. The molecule has 7 heteroatoms. The van der Waals surface area contributed by atoms with Crippen LogP contribution in [0.25, 0.3) is 11.6 Å². The molecule has 0 aliphatic rings. The van der Waals surface area contributed by atoms with Gasteiger partial charge in [0.25, 0.3) is 0 Å². The van der Waals surface area contributed by atoms with Crippen molar-refractivity contribution < 1.29 is 17.7 Å². The summed E-state index contributed by atoms with van der Waals surface area (Å²) in [6, 6.07) is 7.18. The second-order valence-corrected chi connectivity index (χ2v) is 5.68. The van der Waals surface area contributed by atoms with E-state index in [9.17, 15) is 8.78 Å². The van der Waals surface area contributed by atoms with Crippen LogP contribution in [0.2, 0.25) is 0 Å². The number of thioether (sulfide) groups is 1. The summed E-state index contributed by atoms with van der Waals surface area (Å²) in [4.78, 5) is 4.81. The number of rotatable bonds is 4. The lowest BCUT2D eigenvalue weighted by molar-refractivity contribution is 0.379. The number of hydrogen-bond acceptors (Lipinski definition) is 5. The molecule has 1 atom stereocenters. The van der Waals surface area contributed by atoms with Gasteiger partial charge < -0.3 is 8.94 Å². The zero-order chi connectivity index (χ0) is 14.8. The molecule has 0 spiro atoms. The molecule has 0 N–H and O–H groups in total. The maximum atomic E-state index is 13.2. The number of aromatic nitrogens is 2. The minimum absolute atomic E-state index is 0.203. The zero-order valence-electron chi connectivity index (χ0n) is 10.9. The van der Waals surface area contributed by atoms with Gasteiger partial charge in [-0.1, -0.05) is 5.16 Å². The van der Waals surface area contributed by atoms with E-state index < -0.39 is 11.6 Å². The van der Waals surface area contributed by atoms with Crippen LogP contribution in [0.15, 0.2) is 50.4 Å². The zero-order valence-corrected chi connectivity index (χ0v) is 11.7. The van der Waals surface area contributed by atoms with E-state index in [1.807, 2.05) is 6.92 Å². The minimum Gasteiger partial charge on any atom is -0.461 e. The third kappa shape index (κ3) is 2.97. The summed E-state index contributed by atoms with van der Waals surface area (Å²) in [5.74, 6) is -0.502. The first kappa shape index (κ1) is 13.8. The Morgan fingerprint density at radius 1 is 1.19 bits per heavy atom. The summed E-state index contributed by atoms with van der Waals surface area (Å²) >= 11 is 1.30. The van der Waals surface area contributed by atoms with Crippen LogP contribution in [-0.2, 0) is 0 Å². The average Bonchev–Trinajstić information content (AvgIpc) is 3.12. The molecule has 0 fully saturated rings. The summed E-state index contributed by atoms with van der Waals surface area (Å²) in [5, 5.41) is 3.62. The Labute approximate surface area is 123 Å². The van der Waals surface area contributed by atoms with Crippen molar-refractivity contribution in [3.05, 3.63) is 54.1 Å². The van der Waals surface area contributed by atoms with Gasteiger partial charge in [0.2, 0.25) is 11.7 Å². The molecule has 0 saturated carbocycles. The molecule has 4 nitrogen and oxygen atoms in total. The molecule has 3 aromatic rings. The van der Waals surface area contributed by atoms with Crippen LogP contribution >= 0.6 is 11.8 Å². The van der Waals surface area contributed by atoms with E-state index in [0.29, 0.717) is 22.4 Å². The highest BCUT2D eigenvalue weighted by Gasteiger charge is 2.18. The van der Waals surface area contributed by atoms with Gasteiger partial charge in [-0.05, 0) is 37.3 Å². The van der Waals surface area contributed by atoms with E-state index in [1.165, 1.54) is 24.1 Å². The second kappa shape index (κ2) is 5.69. The maximum Gasteiger partial charge on any atom is 0.240 e. The van der Waals surface area contributed by atoms with Crippen molar-refractivity contribution in [1.82, 2.24) is 10.1 Å². The monoisotopic (exact) mass is 308 g/mol. The molecular weight excluding hydrogens is 298 g/mol. The van der Waals surface area contributed by atoms with Gasteiger partial charge >= 0.3 is 0 Å². The Kier molecular flexibility index (Phi) is 3.74. The fourth-order valence-corrected chi connectivity index (χ4v) is 2.63.